The van der Waals surface area contributed by atoms with Crippen LogP contribution in [0, 0.1) is 0 Å². The maximum atomic E-state index is 5.25. The van der Waals surface area contributed by atoms with Crippen LogP contribution in [-0.4, -0.2) is 19.8 Å². The maximum absolute atomic E-state index is 5.25. The molecule has 0 heterocycles. The Morgan fingerprint density at radius 3 is 2.18 bits per heavy atom. The maximum Gasteiger partial charge on any atom is 1.00 e. The molecular formula is C14H22LiNO. The molecule has 0 saturated carbocycles. The summed E-state index contributed by atoms with van der Waals surface area (Å²) in [7, 11) is 1.73. The van der Waals surface area contributed by atoms with Crippen LogP contribution in [0.1, 0.15) is 38.3 Å². The van der Waals surface area contributed by atoms with E-state index in [2.05, 4.69) is 38.1 Å². The number of rotatable bonds is 7. The third-order valence-electron chi connectivity index (χ3n) is 2.84. The summed E-state index contributed by atoms with van der Waals surface area (Å²) in [5.41, 5.74) is 1.25. The molecule has 1 aromatic rings. The smallest absolute Gasteiger partial charge is 0.651 e. The summed E-state index contributed by atoms with van der Waals surface area (Å²) >= 11 is 0. The van der Waals surface area contributed by atoms with E-state index in [4.69, 9.17) is 10.1 Å². The number of ether oxygens (including phenoxy) is 1. The van der Waals surface area contributed by atoms with Crippen molar-refractivity contribution in [1.29, 1.82) is 0 Å². The zero-order valence-electron chi connectivity index (χ0n) is 11.5. The third kappa shape index (κ3) is 5.74. The molecule has 0 aromatic heterocycles. The monoisotopic (exact) mass is 227 g/mol. The van der Waals surface area contributed by atoms with Crippen molar-refractivity contribution in [1.82, 2.24) is 0 Å². The van der Waals surface area contributed by atoms with E-state index in [0.29, 0.717) is 12.6 Å². The first-order valence-corrected chi connectivity index (χ1v) is 6.05. The van der Waals surface area contributed by atoms with Crippen molar-refractivity contribution in [2.75, 3.05) is 13.7 Å². The van der Waals surface area contributed by atoms with Gasteiger partial charge in [-0.2, -0.15) is 0 Å². The number of hydrogen-bond acceptors (Lipinski definition) is 1. The van der Waals surface area contributed by atoms with Gasteiger partial charge in [-0.05, 0) is 0 Å². The van der Waals surface area contributed by atoms with Crippen molar-refractivity contribution in [3.63, 3.8) is 0 Å². The number of nitrogens with zero attached hydrogens (tertiary/aromatic N) is 1. The molecule has 0 bridgehead atoms. The van der Waals surface area contributed by atoms with Gasteiger partial charge in [0, 0.05) is 13.7 Å². The summed E-state index contributed by atoms with van der Waals surface area (Å²) in [6.45, 7) is 5.04. The molecule has 2 nitrogen and oxygen atoms in total. The van der Waals surface area contributed by atoms with E-state index in [1.54, 1.807) is 7.11 Å². The molecule has 0 saturated heterocycles. The van der Waals surface area contributed by atoms with Crippen LogP contribution < -0.4 is 18.9 Å². The molecule has 0 spiro atoms. The molecule has 1 aromatic carbocycles. The second kappa shape index (κ2) is 9.74. The van der Waals surface area contributed by atoms with Gasteiger partial charge >= 0.3 is 18.9 Å². The van der Waals surface area contributed by atoms with Gasteiger partial charge in [0.2, 0.25) is 0 Å². The van der Waals surface area contributed by atoms with Gasteiger partial charge in [-0.3, -0.25) is 0 Å². The molecular weight excluding hydrogens is 205 g/mol. The topological polar surface area (TPSA) is 23.3 Å². The van der Waals surface area contributed by atoms with Crippen molar-refractivity contribution in [2.45, 2.75) is 38.8 Å². The molecule has 0 radical (unpaired) electrons. The van der Waals surface area contributed by atoms with Crippen LogP contribution in [0.5, 0.6) is 0 Å². The van der Waals surface area contributed by atoms with E-state index in [0.717, 1.165) is 12.8 Å². The van der Waals surface area contributed by atoms with E-state index in [1.165, 1.54) is 5.56 Å². The fourth-order valence-electron chi connectivity index (χ4n) is 1.81. The Balaban J connectivity index is 0.00000256. The average molecular weight is 227 g/mol. The molecule has 0 amide bonds. The first-order chi connectivity index (χ1) is 7.81. The van der Waals surface area contributed by atoms with Gasteiger partial charge in [-0.15, -0.1) is 6.04 Å². The zero-order chi connectivity index (χ0) is 11.8. The minimum absolute atomic E-state index is 0. The molecule has 0 aliphatic carbocycles. The molecule has 0 fully saturated rings. The van der Waals surface area contributed by atoms with Gasteiger partial charge < -0.3 is 10.1 Å². The van der Waals surface area contributed by atoms with Crippen LogP contribution in [0.25, 0.3) is 5.32 Å². The van der Waals surface area contributed by atoms with Crippen molar-refractivity contribution in [3.05, 3.63) is 41.2 Å². The number of hydrogen-bond donors (Lipinski definition) is 0. The largest absolute Gasteiger partial charge is 1.00 e. The predicted octanol–water partition coefficient (Wildman–Crippen LogP) is 0.940. The van der Waals surface area contributed by atoms with Crippen LogP contribution in [0.2, 0.25) is 0 Å². The van der Waals surface area contributed by atoms with Crippen molar-refractivity contribution in [2.24, 2.45) is 0 Å². The average Bonchev–Trinajstić information content (AvgIpc) is 2.35. The van der Waals surface area contributed by atoms with E-state index in [1.807, 2.05) is 6.07 Å². The van der Waals surface area contributed by atoms with Gasteiger partial charge in [0.05, 0.1) is 0 Å². The number of benzene rings is 1. The zero-order valence-corrected chi connectivity index (χ0v) is 11.5. The molecule has 1 rings (SSSR count). The second-order valence-electron chi connectivity index (χ2n) is 4.00. The van der Waals surface area contributed by atoms with Crippen LogP contribution in [0.4, 0.5) is 0 Å². The first kappa shape index (κ1) is 16.7. The van der Waals surface area contributed by atoms with Crippen LogP contribution in [0.15, 0.2) is 30.3 Å². The molecule has 0 aliphatic heterocycles. The van der Waals surface area contributed by atoms with Crippen LogP contribution in [0.3, 0.4) is 0 Å². The Hall–Kier alpha value is -0.263. The molecule has 1 atom stereocenters. The van der Waals surface area contributed by atoms with Crippen molar-refractivity contribution >= 4 is 0 Å². The van der Waals surface area contributed by atoms with E-state index < -0.39 is 0 Å². The molecule has 0 unspecified atom stereocenters. The molecule has 0 N–H and O–H groups in total. The fraction of sp³-hybridized carbons (Fsp3) is 0.571. The summed E-state index contributed by atoms with van der Waals surface area (Å²) in [6, 6.07) is 11.0. The standard InChI is InChI=1S/C14H22NO.Li/c1-4-13(5-2)15-14(11-16-3)12-9-7-6-8-10-12;/h6-10,13-14H,4-5,11H2,1-3H3;/q-1;+1/t14-;/m1./s1. The van der Waals surface area contributed by atoms with Crippen LogP contribution in [-0.2, 0) is 4.74 Å². The summed E-state index contributed by atoms with van der Waals surface area (Å²) in [6.07, 6.45) is 2.20. The molecule has 90 valence electrons. The van der Waals surface area contributed by atoms with Gasteiger partial charge in [0.1, 0.15) is 0 Å². The summed E-state index contributed by atoms with van der Waals surface area (Å²) in [4.78, 5) is 0. The molecule has 3 heteroatoms. The van der Waals surface area contributed by atoms with Gasteiger partial charge in [-0.25, -0.2) is 0 Å². The van der Waals surface area contributed by atoms with E-state index in [-0.39, 0.29) is 24.9 Å². The van der Waals surface area contributed by atoms with Gasteiger partial charge in [-0.1, -0.05) is 68.6 Å². The Morgan fingerprint density at radius 2 is 1.71 bits per heavy atom. The van der Waals surface area contributed by atoms with Gasteiger partial charge in [0.25, 0.3) is 0 Å². The molecule has 0 aliphatic rings. The Bertz CT molecular complexity index is 275. The van der Waals surface area contributed by atoms with Crippen molar-refractivity contribution < 1.29 is 23.6 Å². The quantitative estimate of drug-likeness (QED) is 0.636. The second-order valence-corrected chi connectivity index (χ2v) is 4.00. The summed E-state index contributed by atoms with van der Waals surface area (Å²) in [5, 5.41) is 4.85. The third-order valence-corrected chi connectivity index (χ3v) is 2.84. The minimum atomic E-state index is 0. The summed E-state index contributed by atoms with van der Waals surface area (Å²) < 4.78 is 5.25. The Morgan fingerprint density at radius 1 is 1.12 bits per heavy atom. The normalized spacial score (nSPS) is 12.2. The Labute approximate surface area is 117 Å². The fourth-order valence-corrected chi connectivity index (χ4v) is 1.81. The minimum Gasteiger partial charge on any atom is -0.651 e. The number of methoxy groups -OCH3 is 1. The molecule has 17 heavy (non-hydrogen) atoms. The predicted molar refractivity (Wildman–Crippen MR) is 68.8 cm³/mol. The first-order valence-electron chi connectivity index (χ1n) is 6.05. The van der Waals surface area contributed by atoms with Crippen molar-refractivity contribution in [3.8, 4) is 0 Å². The van der Waals surface area contributed by atoms with E-state index >= 15 is 0 Å². The Kier molecular flexibility index (Phi) is 9.59. The van der Waals surface area contributed by atoms with Gasteiger partial charge in [0.15, 0.2) is 0 Å². The van der Waals surface area contributed by atoms with E-state index in [9.17, 15) is 0 Å². The SMILES string of the molecule is CCC(CC)[N-][C@H](COC)c1ccccc1.[Li+]. The summed E-state index contributed by atoms with van der Waals surface area (Å²) in [5.74, 6) is 0. The van der Waals surface area contributed by atoms with Crippen LogP contribution >= 0.6 is 0 Å².